The first kappa shape index (κ1) is 14.5. The number of aliphatic hydroxyl groups is 1. The molecule has 2 rings (SSSR count). The van der Waals surface area contributed by atoms with E-state index < -0.39 is 5.79 Å². The molecule has 1 N–H and O–H groups in total. The highest BCUT2D eigenvalue weighted by molar-refractivity contribution is 5.27. The Hall–Kier alpha value is -0.900. The SMILES string of the molecule is CCOC1(OC)CCCC(CO)(c2ccccc2)C1. The third-order valence-corrected chi connectivity index (χ3v) is 4.29. The van der Waals surface area contributed by atoms with E-state index in [0.717, 1.165) is 19.3 Å². The van der Waals surface area contributed by atoms with Gasteiger partial charge >= 0.3 is 0 Å². The second-order valence-electron chi connectivity index (χ2n) is 5.38. The lowest BCUT2D eigenvalue weighted by molar-refractivity contribution is -0.249. The Bertz CT molecular complexity index is 388. The molecule has 0 bridgehead atoms. The normalized spacial score (nSPS) is 31.3. The van der Waals surface area contributed by atoms with Crippen LogP contribution in [0.5, 0.6) is 0 Å². The lowest BCUT2D eigenvalue weighted by Crippen LogP contribution is -2.48. The molecule has 19 heavy (non-hydrogen) atoms. The summed E-state index contributed by atoms with van der Waals surface area (Å²) in [5.41, 5.74) is 0.934. The van der Waals surface area contributed by atoms with Crippen LogP contribution in [-0.4, -0.2) is 31.2 Å². The van der Waals surface area contributed by atoms with E-state index in [1.807, 2.05) is 25.1 Å². The standard InChI is InChI=1S/C16H24O3/c1-3-19-16(18-2)11-7-10-15(12-16,13-17)14-8-5-4-6-9-14/h4-6,8-9,17H,3,7,10-13H2,1-2H3. The van der Waals surface area contributed by atoms with Crippen molar-refractivity contribution in [3.63, 3.8) is 0 Å². The first-order valence-corrected chi connectivity index (χ1v) is 7.06. The van der Waals surface area contributed by atoms with Crippen molar-refractivity contribution in [2.75, 3.05) is 20.3 Å². The maximum atomic E-state index is 9.98. The van der Waals surface area contributed by atoms with Gasteiger partial charge in [0.25, 0.3) is 0 Å². The Balaban J connectivity index is 2.30. The number of hydrogen-bond donors (Lipinski definition) is 1. The summed E-state index contributed by atoms with van der Waals surface area (Å²) in [6, 6.07) is 10.2. The zero-order valence-electron chi connectivity index (χ0n) is 11.9. The third-order valence-electron chi connectivity index (χ3n) is 4.29. The highest BCUT2D eigenvalue weighted by Crippen LogP contribution is 2.45. The van der Waals surface area contributed by atoms with Gasteiger partial charge in [-0.1, -0.05) is 30.3 Å². The molecule has 3 nitrogen and oxygen atoms in total. The molecule has 0 heterocycles. The monoisotopic (exact) mass is 264 g/mol. The van der Waals surface area contributed by atoms with Gasteiger partial charge in [-0.3, -0.25) is 0 Å². The molecule has 106 valence electrons. The van der Waals surface area contributed by atoms with Gasteiger partial charge in [0.15, 0.2) is 5.79 Å². The number of ether oxygens (including phenoxy) is 2. The quantitative estimate of drug-likeness (QED) is 0.831. The minimum Gasteiger partial charge on any atom is -0.395 e. The molecule has 1 aromatic rings. The van der Waals surface area contributed by atoms with Gasteiger partial charge < -0.3 is 14.6 Å². The van der Waals surface area contributed by atoms with Gasteiger partial charge in [0.2, 0.25) is 0 Å². The lowest BCUT2D eigenvalue weighted by atomic mass is 9.67. The maximum absolute atomic E-state index is 9.98. The summed E-state index contributed by atoms with van der Waals surface area (Å²) >= 11 is 0. The Labute approximate surface area is 115 Å². The fourth-order valence-electron chi connectivity index (χ4n) is 3.27. The van der Waals surface area contributed by atoms with Gasteiger partial charge in [-0.05, 0) is 25.3 Å². The van der Waals surface area contributed by atoms with Crippen molar-refractivity contribution in [2.45, 2.75) is 43.8 Å². The van der Waals surface area contributed by atoms with Crippen molar-refractivity contribution < 1.29 is 14.6 Å². The second kappa shape index (κ2) is 6.04. The summed E-state index contributed by atoms with van der Waals surface area (Å²) in [6.45, 7) is 2.75. The molecule has 0 saturated heterocycles. The van der Waals surface area contributed by atoms with Crippen molar-refractivity contribution in [2.24, 2.45) is 0 Å². The number of aliphatic hydroxyl groups excluding tert-OH is 1. The number of methoxy groups -OCH3 is 1. The summed E-state index contributed by atoms with van der Waals surface area (Å²) in [7, 11) is 1.70. The van der Waals surface area contributed by atoms with Gasteiger partial charge in [0.1, 0.15) is 0 Å². The number of hydrogen-bond acceptors (Lipinski definition) is 3. The summed E-state index contributed by atoms with van der Waals surface area (Å²) in [5.74, 6) is -0.550. The van der Waals surface area contributed by atoms with Crippen molar-refractivity contribution >= 4 is 0 Å². The minimum atomic E-state index is -0.550. The summed E-state index contributed by atoms with van der Waals surface area (Å²) in [6.07, 6.45) is 3.59. The highest BCUT2D eigenvalue weighted by Gasteiger charge is 2.46. The molecule has 0 spiro atoms. The molecule has 0 amide bonds. The largest absolute Gasteiger partial charge is 0.395 e. The van der Waals surface area contributed by atoms with Gasteiger partial charge in [0.05, 0.1) is 6.61 Å². The van der Waals surface area contributed by atoms with E-state index in [2.05, 4.69) is 12.1 Å². The molecular formula is C16H24O3. The van der Waals surface area contributed by atoms with Crippen molar-refractivity contribution in [3.8, 4) is 0 Å². The van der Waals surface area contributed by atoms with Crippen LogP contribution in [0.2, 0.25) is 0 Å². The fraction of sp³-hybridized carbons (Fsp3) is 0.625. The smallest absolute Gasteiger partial charge is 0.168 e. The Morgan fingerprint density at radius 1 is 1.21 bits per heavy atom. The molecule has 0 aliphatic heterocycles. The molecular weight excluding hydrogens is 240 g/mol. The van der Waals surface area contributed by atoms with Crippen LogP contribution in [0.3, 0.4) is 0 Å². The summed E-state index contributed by atoms with van der Waals surface area (Å²) in [5, 5.41) is 9.98. The molecule has 1 aliphatic carbocycles. The van der Waals surface area contributed by atoms with E-state index in [0.29, 0.717) is 13.0 Å². The minimum absolute atomic E-state index is 0.134. The lowest BCUT2D eigenvalue weighted by Gasteiger charge is -2.46. The van der Waals surface area contributed by atoms with E-state index in [9.17, 15) is 5.11 Å². The molecule has 1 aliphatic rings. The van der Waals surface area contributed by atoms with Crippen LogP contribution >= 0.6 is 0 Å². The van der Waals surface area contributed by atoms with E-state index in [4.69, 9.17) is 9.47 Å². The Morgan fingerprint density at radius 2 is 1.95 bits per heavy atom. The predicted octanol–water partition coefficient (Wildman–Crippen LogP) is 2.87. The van der Waals surface area contributed by atoms with Gasteiger partial charge in [0, 0.05) is 32.0 Å². The van der Waals surface area contributed by atoms with Crippen LogP contribution < -0.4 is 0 Å². The first-order valence-electron chi connectivity index (χ1n) is 7.06. The molecule has 1 saturated carbocycles. The summed E-state index contributed by atoms with van der Waals surface area (Å²) < 4.78 is 11.5. The Kier molecular flexibility index (Phi) is 4.61. The van der Waals surface area contributed by atoms with E-state index in [-0.39, 0.29) is 12.0 Å². The van der Waals surface area contributed by atoms with Crippen molar-refractivity contribution in [1.29, 1.82) is 0 Å². The number of rotatable bonds is 5. The molecule has 2 atom stereocenters. The zero-order chi connectivity index (χ0) is 13.8. The van der Waals surface area contributed by atoms with Crippen LogP contribution in [0, 0.1) is 0 Å². The van der Waals surface area contributed by atoms with Gasteiger partial charge in [-0.25, -0.2) is 0 Å². The fourth-order valence-corrected chi connectivity index (χ4v) is 3.27. The average Bonchev–Trinajstić information content (AvgIpc) is 2.48. The van der Waals surface area contributed by atoms with Crippen LogP contribution in [0.25, 0.3) is 0 Å². The maximum Gasteiger partial charge on any atom is 0.168 e. The summed E-state index contributed by atoms with van der Waals surface area (Å²) in [4.78, 5) is 0. The molecule has 3 heteroatoms. The topological polar surface area (TPSA) is 38.7 Å². The third kappa shape index (κ3) is 2.83. The van der Waals surface area contributed by atoms with Crippen LogP contribution in [-0.2, 0) is 14.9 Å². The second-order valence-corrected chi connectivity index (χ2v) is 5.38. The number of benzene rings is 1. The first-order chi connectivity index (χ1) is 9.20. The van der Waals surface area contributed by atoms with Crippen LogP contribution in [0.15, 0.2) is 30.3 Å². The highest BCUT2D eigenvalue weighted by atomic mass is 16.7. The van der Waals surface area contributed by atoms with E-state index >= 15 is 0 Å². The molecule has 2 unspecified atom stereocenters. The molecule has 1 fully saturated rings. The predicted molar refractivity (Wildman–Crippen MR) is 75.0 cm³/mol. The molecule has 1 aromatic carbocycles. The zero-order valence-corrected chi connectivity index (χ0v) is 11.9. The van der Waals surface area contributed by atoms with Gasteiger partial charge in [-0.2, -0.15) is 0 Å². The molecule has 0 aromatic heterocycles. The van der Waals surface area contributed by atoms with Gasteiger partial charge in [-0.15, -0.1) is 0 Å². The van der Waals surface area contributed by atoms with Crippen LogP contribution in [0.4, 0.5) is 0 Å². The van der Waals surface area contributed by atoms with Crippen molar-refractivity contribution in [3.05, 3.63) is 35.9 Å². The average molecular weight is 264 g/mol. The van der Waals surface area contributed by atoms with Crippen molar-refractivity contribution in [1.82, 2.24) is 0 Å². The molecule has 0 radical (unpaired) electrons. The van der Waals surface area contributed by atoms with E-state index in [1.165, 1.54) is 5.56 Å². The van der Waals surface area contributed by atoms with E-state index in [1.54, 1.807) is 7.11 Å². The Morgan fingerprint density at radius 3 is 2.53 bits per heavy atom. The van der Waals surface area contributed by atoms with Crippen LogP contribution in [0.1, 0.15) is 38.2 Å².